The van der Waals surface area contributed by atoms with Gasteiger partial charge in [-0.05, 0) is 44.5 Å². The average molecular weight is 314 g/mol. The van der Waals surface area contributed by atoms with Crippen LogP contribution in [0, 0.1) is 13.8 Å². The summed E-state index contributed by atoms with van der Waals surface area (Å²) in [6, 6.07) is 5.64. The molecule has 2 heterocycles. The predicted octanol–water partition coefficient (Wildman–Crippen LogP) is 1.69. The molecular formula is C17H22N4O2. The molecule has 0 saturated carbocycles. The molecule has 6 heteroatoms. The molecule has 0 fully saturated rings. The third kappa shape index (κ3) is 4.48. The molecule has 0 spiro atoms. The summed E-state index contributed by atoms with van der Waals surface area (Å²) in [6.07, 6.45) is 3.72. The number of aryl methyl sites for hydroxylation is 2. The maximum atomic E-state index is 12.4. The van der Waals surface area contributed by atoms with Gasteiger partial charge in [0.15, 0.2) is 0 Å². The molecule has 0 unspecified atom stereocenters. The van der Waals surface area contributed by atoms with Gasteiger partial charge in [0.1, 0.15) is 0 Å². The van der Waals surface area contributed by atoms with Crippen molar-refractivity contribution in [2.45, 2.75) is 40.3 Å². The van der Waals surface area contributed by atoms with Crippen LogP contribution in [0.2, 0.25) is 0 Å². The number of aromatic nitrogens is 3. The van der Waals surface area contributed by atoms with Crippen LogP contribution in [0.4, 0.5) is 0 Å². The van der Waals surface area contributed by atoms with E-state index in [9.17, 15) is 9.59 Å². The van der Waals surface area contributed by atoms with Gasteiger partial charge < -0.3 is 4.90 Å². The lowest BCUT2D eigenvalue weighted by atomic mass is 10.2. The molecule has 0 aliphatic rings. The number of pyridine rings is 1. The standard InChI is InChI=1S/C17H22N4O2/c1-4-20(12-15-5-8-18-9-6-15)16(22)7-10-21-14(3)11-13(2)19-17(21)23/h5-6,8-9,11H,4,7,10,12H2,1-3H3. The Hall–Kier alpha value is -2.50. The Morgan fingerprint density at radius 1 is 1.26 bits per heavy atom. The van der Waals surface area contributed by atoms with Crippen molar-refractivity contribution in [3.05, 3.63) is 58.0 Å². The second kappa shape index (κ2) is 7.67. The number of nitrogens with zero attached hydrogens (tertiary/aromatic N) is 4. The minimum absolute atomic E-state index is 0.0242. The third-order valence-electron chi connectivity index (χ3n) is 3.75. The van der Waals surface area contributed by atoms with E-state index in [4.69, 9.17) is 0 Å². The molecule has 0 bridgehead atoms. The zero-order valence-corrected chi connectivity index (χ0v) is 13.8. The van der Waals surface area contributed by atoms with E-state index in [1.165, 1.54) is 0 Å². The topological polar surface area (TPSA) is 68.1 Å². The SMILES string of the molecule is CCN(Cc1ccncc1)C(=O)CCn1c(C)cc(C)nc1=O. The van der Waals surface area contributed by atoms with Crippen LogP contribution in [0.25, 0.3) is 0 Å². The lowest BCUT2D eigenvalue weighted by Gasteiger charge is -2.21. The monoisotopic (exact) mass is 314 g/mol. The highest BCUT2D eigenvalue weighted by atomic mass is 16.2. The van der Waals surface area contributed by atoms with Crippen LogP contribution in [0.3, 0.4) is 0 Å². The van der Waals surface area contributed by atoms with Crippen molar-refractivity contribution >= 4 is 5.91 Å². The number of carbonyl (C=O) groups excluding carboxylic acids is 1. The van der Waals surface area contributed by atoms with Gasteiger partial charge in [-0.2, -0.15) is 4.98 Å². The van der Waals surface area contributed by atoms with E-state index in [1.807, 2.05) is 32.0 Å². The Morgan fingerprint density at radius 2 is 1.96 bits per heavy atom. The molecule has 0 atom stereocenters. The van der Waals surface area contributed by atoms with Crippen molar-refractivity contribution in [3.8, 4) is 0 Å². The summed E-state index contributed by atoms with van der Waals surface area (Å²) in [4.78, 5) is 34.0. The molecule has 2 aromatic rings. The molecule has 6 nitrogen and oxygen atoms in total. The molecule has 0 N–H and O–H groups in total. The van der Waals surface area contributed by atoms with E-state index < -0.39 is 0 Å². The van der Waals surface area contributed by atoms with Crippen LogP contribution in [0.5, 0.6) is 0 Å². The second-order valence-electron chi connectivity index (χ2n) is 5.49. The molecule has 23 heavy (non-hydrogen) atoms. The van der Waals surface area contributed by atoms with Crippen LogP contribution in [-0.2, 0) is 17.9 Å². The maximum Gasteiger partial charge on any atom is 0.347 e. The Labute approximate surface area is 135 Å². The molecule has 0 saturated heterocycles. The first-order valence-corrected chi connectivity index (χ1v) is 7.73. The van der Waals surface area contributed by atoms with Gasteiger partial charge in [0, 0.05) is 49.8 Å². The normalized spacial score (nSPS) is 10.6. The Balaban J connectivity index is 2.02. The van der Waals surface area contributed by atoms with E-state index in [0.29, 0.717) is 25.3 Å². The van der Waals surface area contributed by atoms with Crippen molar-refractivity contribution in [2.24, 2.45) is 0 Å². The van der Waals surface area contributed by atoms with Gasteiger partial charge in [-0.1, -0.05) is 0 Å². The number of carbonyl (C=O) groups is 1. The molecular weight excluding hydrogens is 292 g/mol. The molecule has 2 rings (SSSR count). The summed E-state index contributed by atoms with van der Waals surface area (Å²) < 4.78 is 1.55. The first kappa shape index (κ1) is 16.9. The minimum atomic E-state index is -0.299. The van der Waals surface area contributed by atoms with Gasteiger partial charge in [-0.3, -0.25) is 14.3 Å². The van der Waals surface area contributed by atoms with Gasteiger partial charge in [0.2, 0.25) is 5.91 Å². The summed E-state index contributed by atoms with van der Waals surface area (Å²) in [6.45, 7) is 7.12. The van der Waals surface area contributed by atoms with E-state index in [1.54, 1.807) is 28.8 Å². The molecule has 0 aliphatic heterocycles. The van der Waals surface area contributed by atoms with Gasteiger partial charge in [-0.25, -0.2) is 4.79 Å². The number of amides is 1. The Bertz CT molecular complexity index is 725. The largest absolute Gasteiger partial charge is 0.347 e. The van der Waals surface area contributed by atoms with Crippen molar-refractivity contribution in [3.63, 3.8) is 0 Å². The highest BCUT2D eigenvalue weighted by Gasteiger charge is 2.13. The van der Waals surface area contributed by atoms with E-state index in [0.717, 1.165) is 11.3 Å². The van der Waals surface area contributed by atoms with Gasteiger partial charge >= 0.3 is 5.69 Å². The molecule has 0 aromatic carbocycles. The fourth-order valence-corrected chi connectivity index (χ4v) is 2.50. The second-order valence-corrected chi connectivity index (χ2v) is 5.49. The summed E-state index contributed by atoms with van der Waals surface area (Å²) in [7, 11) is 0. The van der Waals surface area contributed by atoms with Crippen molar-refractivity contribution < 1.29 is 4.79 Å². The van der Waals surface area contributed by atoms with E-state index in [2.05, 4.69) is 9.97 Å². The van der Waals surface area contributed by atoms with Crippen molar-refractivity contribution in [1.29, 1.82) is 0 Å². The quantitative estimate of drug-likeness (QED) is 0.814. The molecule has 0 aliphatic carbocycles. The summed E-state index contributed by atoms with van der Waals surface area (Å²) in [5, 5.41) is 0. The maximum absolute atomic E-state index is 12.4. The Morgan fingerprint density at radius 3 is 2.57 bits per heavy atom. The highest BCUT2D eigenvalue weighted by molar-refractivity contribution is 5.76. The van der Waals surface area contributed by atoms with Crippen LogP contribution in [0.15, 0.2) is 35.4 Å². The average Bonchev–Trinajstić information content (AvgIpc) is 2.52. The lowest BCUT2D eigenvalue weighted by molar-refractivity contribution is -0.131. The summed E-state index contributed by atoms with van der Waals surface area (Å²) in [5.41, 5.74) is 2.27. The first-order valence-electron chi connectivity index (χ1n) is 7.73. The van der Waals surface area contributed by atoms with E-state index in [-0.39, 0.29) is 18.0 Å². The zero-order chi connectivity index (χ0) is 16.8. The van der Waals surface area contributed by atoms with Crippen molar-refractivity contribution in [1.82, 2.24) is 19.4 Å². The molecule has 2 aromatic heterocycles. The van der Waals surface area contributed by atoms with Crippen LogP contribution >= 0.6 is 0 Å². The third-order valence-corrected chi connectivity index (χ3v) is 3.75. The highest BCUT2D eigenvalue weighted by Crippen LogP contribution is 2.06. The van der Waals surface area contributed by atoms with Crippen LogP contribution in [-0.4, -0.2) is 31.9 Å². The summed E-state index contributed by atoms with van der Waals surface area (Å²) in [5.74, 6) is 0.0242. The zero-order valence-electron chi connectivity index (χ0n) is 13.8. The predicted molar refractivity (Wildman–Crippen MR) is 87.9 cm³/mol. The van der Waals surface area contributed by atoms with Gasteiger partial charge in [0.25, 0.3) is 0 Å². The van der Waals surface area contributed by atoms with E-state index >= 15 is 0 Å². The molecule has 0 radical (unpaired) electrons. The smallest absolute Gasteiger partial charge is 0.339 e. The number of rotatable bonds is 6. The fraction of sp³-hybridized carbons (Fsp3) is 0.412. The molecule has 1 amide bonds. The minimum Gasteiger partial charge on any atom is -0.339 e. The fourth-order valence-electron chi connectivity index (χ4n) is 2.50. The van der Waals surface area contributed by atoms with Crippen molar-refractivity contribution in [2.75, 3.05) is 6.54 Å². The van der Waals surface area contributed by atoms with Crippen LogP contribution < -0.4 is 5.69 Å². The van der Waals surface area contributed by atoms with Gasteiger partial charge in [-0.15, -0.1) is 0 Å². The Kier molecular flexibility index (Phi) is 5.62. The first-order chi connectivity index (χ1) is 11.0. The lowest BCUT2D eigenvalue weighted by Crippen LogP contribution is -2.33. The molecule has 122 valence electrons. The van der Waals surface area contributed by atoms with Crippen LogP contribution in [0.1, 0.15) is 30.3 Å². The van der Waals surface area contributed by atoms with Gasteiger partial charge in [0.05, 0.1) is 0 Å². The number of hydrogen-bond donors (Lipinski definition) is 0. The number of hydrogen-bond acceptors (Lipinski definition) is 4. The summed E-state index contributed by atoms with van der Waals surface area (Å²) >= 11 is 0.